The fraction of sp³-hybridized carbons (Fsp3) is 0.250. The molecule has 0 heterocycles. The number of nitrogens with zero attached hydrogens (tertiary/aromatic N) is 1. The van der Waals surface area contributed by atoms with Crippen LogP contribution in [-0.2, 0) is 9.53 Å². The number of esters is 1. The van der Waals surface area contributed by atoms with Crippen molar-refractivity contribution >= 4 is 38.8 Å². The maximum atomic E-state index is 12.4. The molecule has 2 aromatic carbocycles. The van der Waals surface area contributed by atoms with Crippen LogP contribution in [0.25, 0.3) is 5.57 Å². The molecule has 0 saturated heterocycles. The van der Waals surface area contributed by atoms with Gasteiger partial charge >= 0.3 is 5.97 Å². The summed E-state index contributed by atoms with van der Waals surface area (Å²) in [6.45, 7) is 4.11. The van der Waals surface area contributed by atoms with E-state index in [-0.39, 0.29) is 5.97 Å². The molecule has 1 N–H and O–H groups in total. The number of rotatable bonds is 6. The first kappa shape index (κ1) is 19.1. The van der Waals surface area contributed by atoms with Crippen molar-refractivity contribution in [1.29, 1.82) is 0 Å². The van der Waals surface area contributed by atoms with Crippen LogP contribution >= 0.6 is 15.9 Å². The van der Waals surface area contributed by atoms with E-state index < -0.39 is 0 Å². The Morgan fingerprint density at radius 2 is 1.96 bits per heavy atom. The number of ether oxygens (including phenoxy) is 1. The molecular weight excluding hydrogens is 380 g/mol. The van der Waals surface area contributed by atoms with Crippen molar-refractivity contribution in [1.82, 2.24) is 0 Å². The molecule has 0 aliphatic heterocycles. The number of carbonyl (C=O) groups is 1. The summed E-state index contributed by atoms with van der Waals surface area (Å²) in [5, 5.41) is 3.22. The standard InChI is InChI=1S/C20H23BrN2O2/c1-5-25-20(24)18(17-10-7-11-19(21)14(17)2)13-22-15-8-6-9-16(12-15)23(3)4/h6-13,22H,5H2,1-4H3. The van der Waals surface area contributed by atoms with E-state index >= 15 is 0 Å². The van der Waals surface area contributed by atoms with Crippen molar-refractivity contribution in [2.24, 2.45) is 0 Å². The predicted octanol–water partition coefficient (Wildman–Crippen LogP) is 4.84. The van der Waals surface area contributed by atoms with Crippen molar-refractivity contribution < 1.29 is 9.53 Å². The molecule has 0 atom stereocenters. The predicted molar refractivity (Wildman–Crippen MR) is 108 cm³/mol. The number of benzene rings is 2. The number of anilines is 2. The van der Waals surface area contributed by atoms with Crippen molar-refractivity contribution in [2.45, 2.75) is 13.8 Å². The zero-order valence-electron chi connectivity index (χ0n) is 15.0. The van der Waals surface area contributed by atoms with E-state index in [0.29, 0.717) is 12.2 Å². The highest BCUT2D eigenvalue weighted by molar-refractivity contribution is 9.10. The number of hydrogen-bond acceptors (Lipinski definition) is 4. The molecule has 0 radical (unpaired) electrons. The third-order valence-electron chi connectivity index (χ3n) is 3.80. The Hall–Kier alpha value is -2.27. The van der Waals surface area contributed by atoms with Crippen molar-refractivity contribution in [2.75, 3.05) is 30.9 Å². The Morgan fingerprint density at radius 3 is 2.64 bits per heavy atom. The van der Waals surface area contributed by atoms with Crippen LogP contribution in [0.2, 0.25) is 0 Å². The lowest BCUT2D eigenvalue weighted by Gasteiger charge is -2.15. The molecule has 0 saturated carbocycles. The molecule has 0 aliphatic carbocycles. The number of halogens is 1. The molecular formula is C20H23BrN2O2. The van der Waals surface area contributed by atoms with Crippen molar-refractivity contribution in [3.8, 4) is 0 Å². The van der Waals surface area contributed by atoms with Crippen LogP contribution in [0.15, 0.2) is 53.1 Å². The second-order valence-electron chi connectivity index (χ2n) is 5.78. The lowest BCUT2D eigenvalue weighted by Crippen LogP contribution is -2.10. The van der Waals surface area contributed by atoms with Crippen LogP contribution in [0.3, 0.4) is 0 Å². The highest BCUT2D eigenvalue weighted by atomic mass is 79.9. The molecule has 2 aromatic rings. The minimum absolute atomic E-state index is 0.333. The van der Waals surface area contributed by atoms with Gasteiger partial charge in [0, 0.05) is 36.1 Å². The van der Waals surface area contributed by atoms with Gasteiger partial charge in [-0.05, 0) is 49.2 Å². The molecule has 132 valence electrons. The third-order valence-corrected chi connectivity index (χ3v) is 4.66. The first-order valence-corrected chi connectivity index (χ1v) is 8.90. The lowest BCUT2D eigenvalue weighted by molar-refractivity contribution is -0.136. The molecule has 5 heteroatoms. The number of hydrogen-bond donors (Lipinski definition) is 1. The number of nitrogens with one attached hydrogen (secondary N) is 1. The van der Waals surface area contributed by atoms with E-state index in [9.17, 15) is 4.79 Å². The molecule has 2 rings (SSSR count). The molecule has 25 heavy (non-hydrogen) atoms. The second kappa shape index (κ2) is 8.72. The largest absolute Gasteiger partial charge is 0.462 e. The fourth-order valence-corrected chi connectivity index (χ4v) is 2.75. The van der Waals surface area contributed by atoms with Gasteiger partial charge in [0.1, 0.15) is 0 Å². The lowest BCUT2D eigenvalue weighted by atomic mass is 10.0. The van der Waals surface area contributed by atoms with Gasteiger partial charge in [-0.2, -0.15) is 0 Å². The SMILES string of the molecule is CCOC(=O)C(=CNc1cccc(N(C)C)c1)c1cccc(Br)c1C. The summed E-state index contributed by atoms with van der Waals surface area (Å²) in [7, 11) is 3.98. The van der Waals surface area contributed by atoms with Crippen LogP contribution < -0.4 is 10.2 Å². The summed E-state index contributed by atoms with van der Waals surface area (Å²) < 4.78 is 6.19. The van der Waals surface area contributed by atoms with Gasteiger partial charge in [0.15, 0.2) is 0 Å². The van der Waals surface area contributed by atoms with Gasteiger partial charge in [-0.25, -0.2) is 4.79 Å². The van der Waals surface area contributed by atoms with E-state index in [1.165, 1.54) is 0 Å². The Balaban J connectivity index is 2.39. The monoisotopic (exact) mass is 402 g/mol. The van der Waals surface area contributed by atoms with Crippen LogP contribution in [0.4, 0.5) is 11.4 Å². The molecule has 0 aromatic heterocycles. The third kappa shape index (κ3) is 4.86. The fourth-order valence-electron chi connectivity index (χ4n) is 2.38. The topological polar surface area (TPSA) is 41.6 Å². The molecule has 0 aliphatic rings. The molecule has 0 amide bonds. The summed E-state index contributed by atoms with van der Waals surface area (Å²) in [4.78, 5) is 14.5. The van der Waals surface area contributed by atoms with Crippen molar-refractivity contribution in [3.63, 3.8) is 0 Å². The summed E-state index contributed by atoms with van der Waals surface area (Å²) >= 11 is 3.52. The van der Waals surface area contributed by atoms with Gasteiger partial charge in [-0.3, -0.25) is 0 Å². The van der Waals surface area contributed by atoms with Gasteiger partial charge in [0.05, 0.1) is 12.2 Å². The van der Waals surface area contributed by atoms with Crippen LogP contribution in [0.5, 0.6) is 0 Å². The minimum Gasteiger partial charge on any atom is -0.462 e. The Labute approximate surface area is 157 Å². The van der Waals surface area contributed by atoms with Gasteiger partial charge in [0.25, 0.3) is 0 Å². The minimum atomic E-state index is -0.347. The molecule has 0 bridgehead atoms. The molecule has 0 spiro atoms. The second-order valence-corrected chi connectivity index (χ2v) is 6.63. The van der Waals surface area contributed by atoms with E-state index in [0.717, 1.165) is 27.0 Å². The summed E-state index contributed by atoms with van der Waals surface area (Å²) in [6, 6.07) is 13.8. The average Bonchev–Trinajstić information content (AvgIpc) is 2.59. The van der Waals surface area contributed by atoms with Crippen LogP contribution in [-0.4, -0.2) is 26.7 Å². The van der Waals surface area contributed by atoms with Gasteiger partial charge < -0.3 is 15.0 Å². The molecule has 0 unspecified atom stereocenters. The highest BCUT2D eigenvalue weighted by Crippen LogP contribution is 2.27. The quantitative estimate of drug-likeness (QED) is 0.554. The summed E-state index contributed by atoms with van der Waals surface area (Å²) in [5.41, 5.74) is 4.31. The maximum Gasteiger partial charge on any atom is 0.340 e. The number of carbonyl (C=O) groups excluding carboxylic acids is 1. The Morgan fingerprint density at radius 1 is 1.24 bits per heavy atom. The smallest absolute Gasteiger partial charge is 0.340 e. The molecule has 4 nitrogen and oxygen atoms in total. The maximum absolute atomic E-state index is 12.4. The first-order valence-electron chi connectivity index (χ1n) is 8.10. The van der Waals surface area contributed by atoms with Gasteiger partial charge in [0.2, 0.25) is 0 Å². The zero-order valence-corrected chi connectivity index (χ0v) is 16.6. The van der Waals surface area contributed by atoms with Gasteiger partial charge in [-0.15, -0.1) is 0 Å². The Kier molecular flexibility index (Phi) is 6.65. The van der Waals surface area contributed by atoms with E-state index in [1.54, 1.807) is 13.1 Å². The normalized spacial score (nSPS) is 11.2. The van der Waals surface area contributed by atoms with Crippen LogP contribution in [0.1, 0.15) is 18.1 Å². The van der Waals surface area contributed by atoms with Gasteiger partial charge in [-0.1, -0.05) is 34.1 Å². The average molecular weight is 403 g/mol. The van der Waals surface area contributed by atoms with Crippen molar-refractivity contribution in [3.05, 3.63) is 64.3 Å². The summed E-state index contributed by atoms with van der Waals surface area (Å²) in [6.07, 6.45) is 1.71. The van der Waals surface area contributed by atoms with E-state index in [1.807, 2.05) is 68.4 Å². The van der Waals surface area contributed by atoms with Crippen LogP contribution in [0, 0.1) is 6.92 Å². The van der Waals surface area contributed by atoms with E-state index in [4.69, 9.17) is 4.74 Å². The first-order chi connectivity index (χ1) is 11.9. The Bertz CT molecular complexity index is 785. The zero-order chi connectivity index (χ0) is 18.4. The highest BCUT2D eigenvalue weighted by Gasteiger charge is 2.16. The van der Waals surface area contributed by atoms with E-state index in [2.05, 4.69) is 21.2 Å². The molecule has 0 fully saturated rings. The summed E-state index contributed by atoms with van der Waals surface area (Å²) in [5.74, 6) is -0.347.